The minimum Gasteiger partial charge on any atom is -0.461 e. The van der Waals surface area contributed by atoms with E-state index in [0.717, 1.165) is 55.5 Å². The molecule has 202 valence electrons. The number of pyridine rings is 1. The van der Waals surface area contributed by atoms with Crippen LogP contribution in [-0.4, -0.2) is 70.0 Å². The van der Waals surface area contributed by atoms with Gasteiger partial charge in [0, 0.05) is 69.2 Å². The van der Waals surface area contributed by atoms with Crippen LogP contribution in [-0.2, 0) is 9.59 Å². The van der Waals surface area contributed by atoms with Gasteiger partial charge in [0.05, 0.1) is 16.2 Å². The second-order valence-electron chi connectivity index (χ2n) is 10.5. The molecule has 10 heteroatoms. The standard InChI is InChI=1S/C28H35ClN6O3/c1-17(2)27(37)35-14-10-22(11-15-35)38-28-31-24-16-23(29)25(32-26(24)33-28)19-4-6-21(7-5-19)34-12-8-20(9-13-34)30-18(3)36/h4-7,16-17,20,22H,8-15H2,1-3H3,(H,30,36)(H,31,32,33). The van der Waals surface area contributed by atoms with Crippen LogP contribution in [0.2, 0.25) is 5.02 Å². The smallest absolute Gasteiger partial charge is 0.296 e. The summed E-state index contributed by atoms with van der Waals surface area (Å²) < 4.78 is 6.11. The number of nitrogens with one attached hydrogen (secondary N) is 2. The number of imidazole rings is 1. The van der Waals surface area contributed by atoms with E-state index >= 15 is 0 Å². The molecule has 4 heterocycles. The summed E-state index contributed by atoms with van der Waals surface area (Å²) in [5.41, 5.74) is 4.01. The first-order valence-electron chi connectivity index (χ1n) is 13.4. The molecule has 0 bridgehead atoms. The van der Waals surface area contributed by atoms with Gasteiger partial charge < -0.3 is 24.8 Å². The van der Waals surface area contributed by atoms with Gasteiger partial charge >= 0.3 is 0 Å². The van der Waals surface area contributed by atoms with Crippen LogP contribution in [0.5, 0.6) is 6.01 Å². The number of carbonyl (C=O) groups is 2. The third-order valence-corrected chi connectivity index (χ3v) is 7.63. The van der Waals surface area contributed by atoms with Crippen molar-refractivity contribution in [3.8, 4) is 17.3 Å². The van der Waals surface area contributed by atoms with Crippen molar-refractivity contribution in [2.45, 2.75) is 58.6 Å². The van der Waals surface area contributed by atoms with Crippen LogP contribution < -0.4 is 15.0 Å². The van der Waals surface area contributed by atoms with E-state index in [1.807, 2.05) is 36.9 Å². The molecule has 2 aliphatic rings. The van der Waals surface area contributed by atoms with E-state index in [1.165, 1.54) is 0 Å². The van der Waals surface area contributed by atoms with Crippen molar-refractivity contribution in [3.05, 3.63) is 35.4 Å². The van der Waals surface area contributed by atoms with Crippen molar-refractivity contribution >= 4 is 40.3 Å². The van der Waals surface area contributed by atoms with Crippen molar-refractivity contribution in [3.63, 3.8) is 0 Å². The van der Waals surface area contributed by atoms with Crippen LogP contribution in [0, 0.1) is 5.92 Å². The minimum absolute atomic E-state index is 0.00225. The maximum atomic E-state index is 12.2. The number of piperidine rings is 2. The summed E-state index contributed by atoms with van der Waals surface area (Å²) in [5.74, 6) is 0.237. The Labute approximate surface area is 227 Å². The highest BCUT2D eigenvalue weighted by atomic mass is 35.5. The summed E-state index contributed by atoms with van der Waals surface area (Å²) in [5, 5.41) is 3.56. The Bertz CT molecular complexity index is 1290. The van der Waals surface area contributed by atoms with Gasteiger partial charge in [-0.1, -0.05) is 37.6 Å². The van der Waals surface area contributed by atoms with E-state index in [0.29, 0.717) is 35.5 Å². The monoisotopic (exact) mass is 538 g/mol. The molecule has 0 aliphatic carbocycles. The van der Waals surface area contributed by atoms with E-state index in [-0.39, 0.29) is 29.9 Å². The molecule has 0 spiro atoms. The highest BCUT2D eigenvalue weighted by molar-refractivity contribution is 6.33. The van der Waals surface area contributed by atoms with Crippen LogP contribution in [0.25, 0.3) is 22.4 Å². The third-order valence-electron chi connectivity index (χ3n) is 7.34. The van der Waals surface area contributed by atoms with E-state index in [4.69, 9.17) is 21.3 Å². The second-order valence-corrected chi connectivity index (χ2v) is 10.9. The quantitative estimate of drug-likeness (QED) is 0.482. The Morgan fingerprint density at radius 2 is 1.74 bits per heavy atom. The Morgan fingerprint density at radius 3 is 2.37 bits per heavy atom. The number of rotatable bonds is 6. The number of fused-ring (bicyclic) bond motifs is 1. The summed E-state index contributed by atoms with van der Waals surface area (Å²) in [7, 11) is 0. The third kappa shape index (κ3) is 5.88. The normalized spacial score (nSPS) is 17.3. The van der Waals surface area contributed by atoms with Crippen LogP contribution >= 0.6 is 11.6 Å². The second kappa shape index (κ2) is 11.2. The molecule has 1 aromatic carbocycles. The van der Waals surface area contributed by atoms with Crippen LogP contribution in [0.3, 0.4) is 0 Å². The fourth-order valence-electron chi connectivity index (χ4n) is 5.27. The first-order valence-corrected chi connectivity index (χ1v) is 13.8. The summed E-state index contributed by atoms with van der Waals surface area (Å²) in [6.07, 6.45) is 3.41. The first kappa shape index (κ1) is 26.3. The van der Waals surface area contributed by atoms with Crippen LogP contribution in [0.15, 0.2) is 30.3 Å². The van der Waals surface area contributed by atoms with E-state index in [1.54, 1.807) is 6.92 Å². The molecular formula is C28H35ClN6O3. The number of hydrogen-bond donors (Lipinski definition) is 2. The predicted molar refractivity (Wildman–Crippen MR) is 148 cm³/mol. The Balaban J connectivity index is 1.23. The first-order chi connectivity index (χ1) is 18.3. The Morgan fingerprint density at radius 1 is 1.05 bits per heavy atom. The van der Waals surface area contributed by atoms with Crippen molar-refractivity contribution in [1.29, 1.82) is 0 Å². The highest BCUT2D eigenvalue weighted by Crippen LogP contribution is 2.32. The molecule has 0 radical (unpaired) electrons. The molecule has 3 aromatic rings. The van der Waals surface area contributed by atoms with Gasteiger partial charge in [0.2, 0.25) is 11.8 Å². The number of aromatic amines is 1. The van der Waals surface area contributed by atoms with Gasteiger partial charge in [-0.15, -0.1) is 0 Å². The fraction of sp³-hybridized carbons (Fsp3) is 0.500. The number of H-pyrrole nitrogens is 1. The molecule has 0 atom stereocenters. The van der Waals surface area contributed by atoms with E-state index in [9.17, 15) is 9.59 Å². The number of anilines is 1. The zero-order chi connectivity index (χ0) is 26.8. The number of hydrogen-bond acceptors (Lipinski definition) is 6. The fourth-order valence-corrected chi connectivity index (χ4v) is 5.53. The molecule has 5 rings (SSSR count). The molecule has 9 nitrogen and oxygen atoms in total. The highest BCUT2D eigenvalue weighted by Gasteiger charge is 2.26. The van der Waals surface area contributed by atoms with Crippen molar-refractivity contribution in [1.82, 2.24) is 25.2 Å². The van der Waals surface area contributed by atoms with E-state index in [2.05, 4.69) is 32.3 Å². The number of aromatic nitrogens is 3. The van der Waals surface area contributed by atoms with Gasteiger partial charge in [0.1, 0.15) is 6.10 Å². The van der Waals surface area contributed by atoms with Crippen LogP contribution in [0.1, 0.15) is 46.5 Å². The summed E-state index contributed by atoms with van der Waals surface area (Å²) in [6, 6.07) is 10.8. The zero-order valence-corrected chi connectivity index (χ0v) is 22.9. The predicted octanol–water partition coefficient (Wildman–Crippen LogP) is 4.41. The van der Waals surface area contributed by atoms with Crippen molar-refractivity contribution in [2.24, 2.45) is 5.92 Å². The van der Waals surface area contributed by atoms with Gasteiger partial charge in [0.25, 0.3) is 6.01 Å². The van der Waals surface area contributed by atoms with Crippen molar-refractivity contribution < 1.29 is 14.3 Å². The van der Waals surface area contributed by atoms with Gasteiger partial charge in [-0.05, 0) is 31.0 Å². The summed E-state index contributed by atoms with van der Waals surface area (Å²) in [6.45, 7) is 8.62. The lowest BCUT2D eigenvalue weighted by atomic mass is 10.0. The average Bonchev–Trinajstić information content (AvgIpc) is 3.29. The molecule has 2 fully saturated rings. The van der Waals surface area contributed by atoms with Gasteiger partial charge in [0.15, 0.2) is 5.65 Å². The minimum atomic E-state index is -0.00225. The van der Waals surface area contributed by atoms with Gasteiger partial charge in [-0.3, -0.25) is 9.59 Å². The molecule has 2 saturated heterocycles. The molecule has 38 heavy (non-hydrogen) atoms. The maximum absolute atomic E-state index is 12.2. The summed E-state index contributed by atoms with van der Waals surface area (Å²) >= 11 is 6.62. The SMILES string of the molecule is CC(=O)NC1CCN(c2ccc(-c3nc4nc(OC5CCN(C(=O)C(C)C)CC5)[nH]c4cc3Cl)cc2)CC1. The lowest BCUT2D eigenvalue weighted by Crippen LogP contribution is -2.44. The lowest BCUT2D eigenvalue weighted by Gasteiger charge is -2.33. The number of likely N-dealkylation sites (tertiary alicyclic amines) is 1. The Hall–Kier alpha value is -3.33. The van der Waals surface area contributed by atoms with Crippen molar-refractivity contribution in [2.75, 3.05) is 31.1 Å². The lowest BCUT2D eigenvalue weighted by molar-refractivity contribution is -0.136. The maximum Gasteiger partial charge on any atom is 0.296 e. The van der Waals surface area contributed by atoms with E-state index < -0.39 is 0 Å². The number of ether oxygens (including phenoxy) is 1. The molecule has 0 unspecified atom stereocenters. The number of carbonyl (C=O) groups excluding carboxylic acids is 2. The molecule has 0 saturated carbocycles. The number of benzene rings is 1. The number of amides is 2. The molecule has 2 aliphatic heterocycles. The van der Waals surface area contributed by atoms with Gasteiger partial charge in [-0.2, -0.15) is 4.98 Å². The zero-order valence-electron chi connectivity index (χ0n) is 22.2. The Kier molecular flexibility index (Phi) is 7.74. The summed E-state index contributed by atoms with van der Waals surface area (Å²) in [4.78, 5) is 40.3. The topological polar surface area (TPSA) is 103 Å². The molecular weight excluding hydrogens is 504 g/mol. The van der Waals surface area contributed by atoms with Crippen LogP contribution in [0.4, 0.5) is 5.69 Å². The molecule has 2 N–H and O–H groups in total. The largest absolute Gasteiger partial charge is 0.461 e. The molecule has 2 aromatic heterocycles. The number of nitrogens with zero attached hydrogens (tertiary/aromatic N) is 4. The average molecular weight is 539 g/mol. The van der Waals surface area contributed by atoms with Gasteiger partial charge in [-0.25, -0.2) is 4.98 Å². The molecule has 2 amide bonds. The number of halogens is 1.